The van der Waals surface area contributed by atoms with Gasteiger partial charge in [-0.1, -0.05) is 6.07 Å². The smallest absolute Gasteiger partial charge is 0.269 e. The largest absolute Gasteiger partial charge is 0.381 e. The van der Waals surface area contributed by atoms with E-state index in [9.17, 15) is 14.0 Å². The number of halogens is 1. The van der Waals surface area contributed by atoms with Crippen molar-refractivity contribution in [3.8, 4) is 11.3 Å². The Balaban J connectivity index is 1.27. The first-order valence-electron chi connectivity index (χ1n) is 12.9. The molecule has 38 heavy (non-hydrogen) atoms. The SMILES string of the molecule is Cc1ccc(NC(=O)c2cc(F)cc(N3CCOCC3)c2)cc1-c1cc(C(=O)NCC2CCOCC2)[nH]n1. The summed E-state index contributed by atoms with van der Waals surface area (Å²) in [5, 5.41) is 13.0. The van der Waals surface area contributed by atoms with Crippen LogP contribution in [0.2, 0.25) is 0 Å². The fraction of sp³-hybridized carbons (Fsp3) is 0.393. The Morgan fingerprint density at radius 3 is 2.58 bits per heavy atom. The van der Waals surface area contributed by atoms with Crippen LogP contribution in [0, 0.1) is 18.7 Å². The van der Waals surface area contributed by atoms with Gasteiger partial charge in [0.15, 0.2) is 0 Å². The lowest BCUT2D eigenvalue weighted by Crippen LogP contribution is -2.36. The minimum atomic E-state index is -0.470. The number of carbonyl (C=O) groups excluding carboxylic acids is 2. The number of nitrogens with one attached hydrogen (secondary N) is 3. The Kier molecular flexibility index (Phi) is 8.00. The second-order valence-corrected chi connectivity index (χ2v) is 9.71. The Labute approximate surface area is 220 Å². The van der Waals surface area contributed by atoms with E-state index in [1.54, 1.807) is 24.3 Å². The van der Waals surface area contributed by atoms with E-state index >= 15 is 0 Å². The number of aromatic amines is 1. The Morgan fingerprint density at radius 2 is 1.79 bits per heavy atom. The van der Waals surface area contributed by atoms with Crippen molar-refractivity contribution in [1.82, 2.24) is 15.5 Å². The summed E-state index contributed by atoms with van der Waals surface area (Å²) in [6.07, 6.45) is 1.88. The predicted molar refractivity (Wildman–Crippen MR) is 142 cm³/mol. The molecule has 2 aliphatic rings. The van der Waals surface area contributed by atoms with Crippen LogP contribution in [0.5, 0.6) is 0 Å². The molecule has 2 aliphatic heterocycles. The molecule has 2 saturated heterocycles. The van der Waals surface area contributed by atoms with Gasteiger partial charge in [-0.15, -0.1) is 0 Å². The number of H-pyrrole nitrogens is 1. The van der Waals surface area contributed by atoms with Crippen LogP contribution < -0.4 is 15.5 Å². The zero-order valence-electron chi connectivity index (χ0n) is 21.4. The summed E-state index contributed by atoms with van der Waals surface area (Å²) in [4.78, 5) is 27.7. The number of ether oxygens (including phenoxy) is 2. The van der Waals surface area contributed by atoms with Crippen LogP contribution in [-0.4, -0.2) is 68.1 Å². The summed E-state index contributed by atoms with van der Waals surface area (Å²) in [5.74, 6) is -0.674. The van der Waals surface area contributed by atoms with E-state index in [-0.39, 0.29) is 11.5 Å². The normalized spacial score (nSPS) is 16.3. The molecule has 10 heteroatoms. The van der Waals surface area contributed by atoms with Crippen LogP contribution in [-0.2, 0) is 9.47 Å². The highest BCUT2D eigenvalue weighted by Gasteiger charge is 2.19. The van der Waals surface area contributed by atoms with E-state index in [1.807, 2.05) is 17.9 Å². The average molecular weight is 522 g/mol. The lowest BCUT2D eigenvalue weighted by Gasteiger charge is -2.29. The van der Waals surface area contributed by atoms with Crippen molar-refractivity contribution in [2.45, 2.75) is 19.8 Å². The molecule has 0 atom stereocenters. The van der Waals surface area contributed by atoms with Crippen molar-refractivity contribution >= 4 is 23.2 Å². The molecule has 5 rings (SSSR count). The molecule has 0 unspecified atom stereocenters. The van der Waals surface area contributed by atoms with Crippen LogP contribution >= 0.6 is 0 Å². The summed E-state index contributed by atoms with van der Waals surface area (Å²) >= 11 is 0. The first-order valence-corrected chi connectivity index (χ1v) is 12.9. The molecule has 3 N–H and O–H groups in total. The fourth-order valence-corrected chi connectivity index (χ4v) is 4.75. The molecule has 2 fully saturated rings. The second-order valence-electron chi connectivity index (χ2n) is 9.71. The highest BCUT2D eigenvalue weighted by Crippen LogP contribution is 2.27. The van der Waals surface area contributed by atoms with Crippen LogP contribution in [0.1, 0.15) is 39.3 Å². The van der Waals surface area contributed by atoms with E-state index in [2.05, 4.69) is 20.8 Å². The number of carbonyl (C=O) groups is 2. The first-order chi connectivity index (χ1) is 18.5. The highest BCUT2D eigenvalue weighted by molar-refractivity contribution is 6.05. The van der Waals surface area contributed by atoms with E-state index in [0.717, 1.165) is 37.2 Å². The standard InChI is InChI=1S/C28H32FN5O4/c1-18-2-3-22(31-27(35)20-12-21(29)14-23(13-20)34-6-10-38-11-7-34)15-24(18)25-16-26(33-32-25)28(36)30-17-19-4-8-37-9-5-19/h2-3,12-16,19H,4-11,17H2,1H3,(H,30,36)(H,31,35)(H,32,33). The lowest BCUT2D eigenvalue weighted by atomic mass is 10.0. The minimum Gasteiger partial charge on any atom is -0.381 e. The molecule has 2 amide bonds. The molecule has 0 saturated carbocycles. The summed E-state index contributed by atoms with van der Waals surface area (Å²) in [6.45, 7) is 6.42. The Hall–Kier alpha value is -3.76. The van der Waals surface area contributed by atoms with Crippen molar-refractivity contribution in [2.24, 2.45) is 5.92 Å². The molecule has 1 aromatic heterocycles. The Morgan fingerprint density at radius 1 is 1.03 bits per heavy atom. The topological polar surface area (TPSA) is 109 Å². The Bertz CT molecular complexity index is 1300. The maximum absolute atomic E-state index is 14.4. The summed E-state index contributed by atoms with van der Waals surface area (Å²) < 4.78 is 25.1. The van der Waals surface area contributed by atoms with Crippen molar-refractivity contribution in [2.75, 3.05) is 56.3 Å². The van der Waals surface area contributed by atoms with Gasteiger partial charge in [0, 0.05) is 55.3 Å². The number of nitrogens with zero attached hydrogens (tertiary/aromatic N) is 2. The monoisotopic (exact) mass is 521 g/mol. The third kappa shape index (κ3) is 6.20. The van der Waals surface area contributed by atoms with Crippen LogP contribution in [0.15, 0.2) is 42.5 Å². The maximum Gasteiger partial charge on any atom is 0.269 e. The summed E-state index contributed by atoms with van der Waals surface area (Å²) in [5.41, 5.74) is 4.10. The molecular weight excluding hydrogens is 489 g/mol. The van der Waals surface area contributed by atoms with Gasteiger partial charge in [0.05, 0.1) is 18.9 Å². The van der Waals surface area contributed by atoms with Gasteiger partial charge in [-0.3, -0.25) is 14.7 Å². The van der Waals surface area contributed by atoms with Crippen molar-refractivity contribution in [1.29, 1.82) is 0 Å². The van der Waals surface area contributed by atoms with E-state index in [4.69, 9.17) is 9.47 Å². The second kappa shape index (κ2) is 11.7. The maximum atomic E-state index is 14.4. The van der Waals surface area contributed by atoms with Gasteiger partial charge in [-0.05, 0) is 67.6 Å². The van der Waals surface area contributed by atoms with Gasteiger partial charge in [0.2, 0.25) is 0 Å². The van der Waals surface area contributed by atoms with Crippen LogP contribution in [0.25, 0.3) is 11.3 Å². The van der Waals surface area contributed by atoms with Gasteiger partial charge < -0.3 is 25.0 Å². The van der Waals surface area contributed by atoms with Crippen LogP contribution in [0.4, 0.5) is 15.8 Å². The molecule has 3 aromatic rings. The highest BCUT2D eigenvalue weighted by atomic mass is 19.1. The van der Waals surface area contributed by atoms with E-state index < -0.39 is 11.7 Å². The zero-order valence-corrected chi connectivity index (χ0v) is 21.4. The fourth-order valence-electron chi connectivity index (χ4n) is 4.75. The molecule has 0 radical (unpaired) electrons. The number of rotatable bonds is 7. The van der Waals surface area contributed by atoms with Crippen molar-refractivity contribution in [3.63, 3.8) is 0 Å². The molecule has 2 aromatic carbocycles. The number of aryl methyl sites for hydroxylation is 1. The number of morpholine rings is 1. The molecule has 0 aliphatic carbocycles. The van der Waals surface area contributed by atoms with E-state index in [0.29, 0.717) is 61.5 Å². The number of amides is 2. The summed E-state index contributed by atoms with van der Waals surface area (Å²) in [7, 11) is 0. The van der Waals surface area contributed by atoms with Gasteiger partial charge >= 0.3 is 0 Å². The number of hydrogen-bond donors (Lipinski definition) is 3. The van der Waals surface area contributed by atoms with Crippen molar-refractivity contribution < 1.29 is 23.5 Å². The first kappa shape index (κ1) is 25.9. The molecule has 3 heterocycles. The molecule has 0 bridgehead atoms. The number of hydrogen-bond acceptors (Lipinski definition) is 6. The number of aromatic nitrogens is 2. The van der Waals surface area contributed by atoms with Crippen LogP contribution in [0.3, 0.4) is 0 Å². The summed E-state index contributed by atoms with van der Waals surface area (Å²) in [6, 6.07) is 11.5. The molecule has 0 spiro atoms. The van der Waals surface area contributed by atoms with Gasteiger partial charge in [0.25, 0.3) is 11.8 Å². The van der Waals surface area contributed by atoms with Gasteiger partial charge in [-0.25, -0.2) is 4.39 Å². The zero-order chi connectivity index (χ0) is 26.5. The third-order valence-electron chi connectivity index (χ3n) is 7.01. The molecule has 9 nitrogen and oxygen atoms in total. The number of anilines is 2. The van der Waals surface area contributed by atoms with Gasteiger partial charge in [0.1, 0.15) is 11.5 Å². The van der Waals surface area contributed by atoms with Gasteiger partial charge in [-0.2, -0.15) is 5.10 Å². The van der Waals surface area contributed by atoms with E-state index in [1.165, 1.54) is 12.1 Å². The molecular formula is C28H32FN5O4. The third-order valence-corrected chi connectivity index (χ3v) is 7.01. The minimum absolute atomic E-state index is 0.209. The van der Waals surface area contributed by atoms with Crippen molar-refractivity contribution in [3.05, 3.63) is 65.1 Å². The predicted octanol–water partition coefficient (Wildman–Crippen LogP) is 3.77. The number of benzene rings is 2. The molecule has 200 valence electrons. The average Bonchev–Trinajstić information content (AvgIpc) is 3.44. The quantitative estimate of drug-likeness (QED) is 0.437. The lowest BCUT2D eigenvalue weighted by molar-refractivity contribution is 0.0642.